The van der Waals surface area contributed by atoms with Crippen LogP contribution in [0.1, 0.15) is 16.1 Å². The molecular weight excluding hydrogens is 204 g/mol. The maximum Gasteiger partial charge on any atom is 0.354 e. The Hall–Kier alpha value is -2.10. The van der Waals surface area contributed by atoms with Crippen LogP contribution in [-0.2, 0) is 7.05 Å². The maximum absolute atomic E-state index is 11.1. The third kappa shape index (κ3) is 1.69. The molecule has 0 aliphatic rings. The number of carboxylic acid groups (broad SMARTS) is 1. The van der Waals surface area contributed by atoms with Crippen LogP contribution in [0.15, 0.2) is 30.5 Å². The van der Waals surface area contributed by atoms with Crippen molar-refractivity contribution in [1.82, 2.24) is 9.78 Å². The van der Waals surface area contributed by atoms with Gasteiger partial charge in [-0.15, -0.1) is 0 Å². The molecule has 4 nitrogen and oxygen atoms in total. The molecule has 0 fully saturated rings. The van der Waals surface area contributed by atoms with E-state index in [9.17, 15) is 4.79 Å². The zero-order chi connectivity index (χ0) is 11.7. The van der Waals surface area contributed by atoms with E-state index in [1.165, 1.54) is 4.68 Å². The molecule has 2 rings (SSSR count). The average Bonchev–Trinajstić information content (AvgIpc) is 2.60. The van der Waals surface area contributed by atoms with Gasteiger partial charge in [0.2, 0.25) is 0 Å². The van der Waals surface area contributed by atoms with Crippen LogP contribution in [0.5, 0.6) is 0 Å². The number of benzene rings is 1. The van der Waals surface area contributed by atoms with Crippen LogP contribution in [-0.4, -0.2) is 20.9 Å². The van der Waals surface area contributed by atoms with E-state index in [1.54, 1.807) is 13.2 Å². The molecule has 1 aromatic carbocycles. The molecule has 0 aliphatic carbocycles. The number of hydrogen-bond donors (Lipinski definition) is 1. The van der Waals surface area contributed by atoms with Gasteiger partial charge in [0, 0.05) is 12.6 Å². The lowest BCUT2D eigenvalue weighted by Crippen LogP contribution is -2.06. The third-order valence-corrected chi connectivity index (χ3v) is 2.47. The molecule has 0 aliphatic heterocycles. The van der Waals surface area contributed by atoms with Crippen molar-refractivity contribution in [1.29, 1.82) is 0 Å². The van der Waals surface area contributed by atoms with E-state index >= 15 is 0 Å². The molecule has 0 atom stereocenters. The molecule has 2 aromatic rings. The fraction of sp³-hybridized carbons (Fsp3) is 0.167. The first-order valence-corrected chi connectivity index (χ1v) is 4.92. The molecule has 0 spiro atoms. The van der Waals surface area contributed by atoms with Crippen LogP contribution in [0.2, 0.25) is 0 Å². The Kier molecular flexibility index (Phi) is 2.48. The van der Waals surface area contributed by atoms with Crippen LogP contribution in [0, 0.1) is 6.92 Å². The summed E-state index contributed by atoms with van der Waals surface area (Å²) >= 11 is 0. The minimum Gasteiger partial charge on any atom is -0.477 e. The molecule has 0 saturated carbocycles. The lowest BCUT2D eigenvalue weighted by molar-refractivity contribution is 0.0686. The summed E-state index contributed by atoms with van der Waals surface area (Å²) in [5.41, 5.74) is 2.84. The number of carbonyl (C=O) groups is 1. The van der Waals surface area contributed by atoms with Gasteiger partial charge in [-0.1, -0.05) is 29.8 Å². The summed E-state index contributed by atoms with van der Waals surface area (Å²) in [4.78, 5) is 11.1. The standard InChI is InChI=1S/C12H12N2O2/c1-8-4-3-5-9(6-8)10-7-13-14(2)11(10)12(15)16/h3-7H,1-2H3,(H,15,16). The first kappa shape index (κ1) is 10.4. The van der Waals surface area contributed by atoms with Crippen LogP contribution >= 0.6 is 0 Å². The van der Waals surface area contributed by atoms with Crippen molar-refractivity contribution >= 4 is 5.97 Å². The topological polar surface area (TPSA) is 55.1 Å². The van der Waals surface area contributed by atoms with Gasteiger partial charge in [0.05, 0.1) is 6.20 Å². The van der Waals surface area contributed by atoms with Gasteiger partial charge in [0.1, 0.15) is 0 Å². The van der Waals surface area contributed by atoms with Crippen LogP contribution < -0.4 is 0 Å². The van der Waals surface area contributed by atoms with E-state index in [1.807, 2.05) is 31.2 Å². The first-order valence-electron chi connectivity index (χ1n) is 4.92. The number of hydrogen-bond acceptors (Lipinski definition) is 2. The van der Waals surface area contributed by atoms with Crippen LogP contribution in [0.4, 0.5) is 0 Å². The second-order valence-corrected chi connectivity index (χ2v) is 3.71. The lowest BCUT2D eigenvalue weighted by atomic mass is 10.0. The molecule has 0 bridgehead atoms. The molecule has 1 N–H and O–H groups in total. The summed E-state index contributed by atoms with van der Waals surface area (Å²) in [6.45, 7) is 1.97. The molecule has 0 saturated heterocycles. The normalized spacial score (nSPS) is 10.4. The van der Waals surface area contributed by atoms with E-state index in [2.05, 4.69) is 5.10 Å². The van der Waals surface area contributed by atoms with E-state index in [0.717, 1.165) is 11.1 Å². The van der Waals surface area contributed by atoms with Gasteiger partial charge in [-0.05, 0) is 12.5 Å². The minimum absolute atomic E-state index is 0.214. The summed E-state index contributed by atoms with van der Waals surface area (Å²) < 4.78 is 1.38. The predicted octanol–water partition coefficient (Wildman–Crippen LogP) is 2.09. The Balaban J connectivity index is 2.60. The second kappa shape index (κ2) is 3.81. The van der Waals surface area contributed by atoms with E-state index < -0.39 is 5.97 Å². The summed E-state index contributed by atoms with van der Waals surface area (Å²) in [5, 5.41) is 13.1. The zero-order valence-corrected chi connectivity index (χ0v) is 9.14. The fourth-order valence-electron chi connectivity index (χ4n) is 1.72. The van der Waals surface area contributed by atoms with Crippen molar-refractivity contribution < 1.29 is 9.90 Å². The molecule has 16 heavy (non-hydrogen) atoms. The Labute approximate surface area is 93.1 Å². The largest absolute Gasteiger partial charge is 0.477 e. The maximum atomic E-state index is 11.1. The van der Waals surface area contributed by atoms with Crippen molar-refractivity contribution in [2.75, 3.05) is 0 Å². The number of carboxylic acids is 1. The molecule has 4 heteroatoms. The van der Waals surface area contributed by atoms with Crippen LogP contribution in [0.3, 0.4) is 0 Å². The smallest absolute Gasteiger partial charge is 0.354 e. The van der Waals surface area contributed by atoms with Gasteiger partial charge in [-0.25, -0.2) is 4.79 Å². The van der Waals surface area contributed by atoms with Gasteiger partial charge in [0.25, 0.3) is 0 Å². The monoisotopic (exact) mass is 216 g/mol. The molecule has 0 unspecified atom stereocenters. The van der Waals surface area contributed by atoms with E-state index in [4.69, 9.17) is 5.11 Å². The summed E-state index contributed by atoms with van der Waals surface area (Å²) in [6.07, 6.45) is 1.58. The van der Waals surface area contributed by atoms with Crippen molar-refractivity contribution in [3.05, 3.63) is 41.7 Å². The predicted molar refractivity (Wildman–Crippen MR) is 60.3 cm³/mol. The average molecular weight is 216 g/mol. The number of nitrogens with zero attached hydrogens (tertiary/aromatic N) is 2. The summed E-state index contributed by atoms with van der Waals surface area (Å²) in [5.74, 6) is -0.962. The van der Waals surface area contributed by atoms with Crippen molar-refractivity contribution in [3.8, 4) is 11.1 Å². The number of aromatic nitrogens is 2. The van der Waals surface area contributed by atoms with Gasteiger partial charge >= 0.3 is 5.97 Å². The van der Waals surface area contributed by atoms with Gasteiger partial charge in [-0.2, -0.15) is 5.10 Å². The molecule has 82 valence electrons. The minimum atomic E-state index is -0.962. The Morgan fingerprint density at radius 2 is 2.19 bits per heavy atom. The van der Waals surface area contributed by atoms with E-state index in [0.29, 0.717) is 5.56 Å². The highest BCUT2D eigenvalue weighted by Crippen LogP contribution is 2.23. The number of aryl methyl sites for hydroxylation is 2. The molecule has 0 amide bonds. The zero-order valence-electron chi connectivity index (χ0n) is 9.14. The molecule has 0 radical (unpaired) electrons. The molecule has 1 heterocycles. The fourth-order valence-corrected chi connectivity index (χ4v) is 1.72. The number of aromatic carboxylic acids is 1. The highest BCUT2D eigenvalue weighted by molar-refractivity contribution is 5.94. The van der Waals surface area contributed by atoms with E-state index in [-0.39, 0.29) is 5.69 Å². The quantitative estimate of drug-likeness (QED) is 0.836. The molecular formula is C12H12N2O2. The highest BCUT2D eigenvalue weighted by atomic mass is 16.4. The number of rotatable bonds is 2. The first-order chi connectivity index (χ1) is 7.59. The SMILES string of the molecule is Cc1cccc(-c2cnn(C)c2C(=O)O)c1. The summed E-state index contributed by atoms with van der Waals surface area (Å²) in [7, 11) is 1.63. The second-order valence-electron chi connectivity index (χ2n) is 3.71. The van der Waals surface area contributed by atoms with Crippen molar-refractivity contribution in [3.63, 3.8) is 0 Å². The molecule has 1 aromatic heterocycles. The van der Waals surface area contributed by atoms with Crippen molar-refractivity contribution in [2.45, 2.75) is 6.92 Å². The van der Waals surface area contributed by atoms with Gasteiger partial charge in [-0.3, -0.25) is 4.68 Å². The van der Waals surface area contributed by atoms with Crippen molar-refractivity contribution in [2.24, 2.45) is 7.05 Å². The highest BCUT2D eigenvalue weighted by Gasteiger charge is 2.16. The third-order valence-electron chi connectivity index (χ3n) is 2.47. The Bertz CT molecular complexity index is 544. The van der Waals surface area contributed by atoms with Gasteiger partial charge in [0.15, 0.2) is 5.69 Å². The summed E-state index contributed by atoms with van der Waals surface area (Å²) in [6, 6.07) is 7.71. The lowest BCUT2D eigenvalue weighted by Gasteiger charge is -2.02. The Morgan fingerprint density at radius 3 is 2.81 bits per heavy atom. The van der Waals surface area contributed by atoms with Gasteiger partial charge < -0.3 is 5.11 Å². The Morgan fingerprint density at radius 1 is 1.44 bits per heavy atom. The van der Waals surface area contributed by atoms with Crippen LogP contribution in [0.25, 0.3) is 11.1 Å².